The Labute approximate surface area is 199 Å². The molecule has 3 aromatic carbocycles. The van der Waals surface area contributed by atoms with E-state index in [0.717, 1.165) is 22.4 Å². The standard InChI is InChI=1S/C26H27ClN2O2S/c1-29(18-19-12-14-21(15-13-19)20-8-4-3-5-9-20)26(31)24(16-17-32-2)28-25(30)22-10-6-7-11-23(22)27/h3-15,24H,16-18H2,1-2H3,(H,28,30). The number of hydrogen-bond acceptors (Lipinski definition) is 3. The highest BCUT2D eigenvalue weighted by molar-refractivity contribution is 7.98. The molecule has 0 saturated carbocycles. The van der Waals surface area contributed by atoms with E-state index >= 15 is 0 Å². The largest absolute Gasteiger partial charge is 0.340 e. The number of nitrogens with zero attached hydrogens (tertiary/aromatic N) is 1. The van der Waals surface area contributed by atoms with Crippen LogP contribution >= 0.6 is 23.4 Å². The minimum absolute atomic E-state index is 0.119. The van der Waals surface area contributed by atoms with Crippen molar-refractivity contribution in [3.63, 3.8) is 0 Å². The molecule has 0 aliphatic heterocycles. The highest BCUT2D eigenvalue weighted by Gasteiger charge is 2.25. The molecule has 0 aromatic heterocycles. The second-order valence-corrected chi connectivity index (χ2v) is 8.94. The van der Waals surface area contributed by atoms with E-state index in [4.69, 9.17) is 11.6 Å². The molecule has 0 aliphatic rings. The molecule has 0 fully saturated rings. The maximum Gasteiger partial charge on any atom is 0.253 e. The Morgan fingerprint density at radius 1 is 0.938 bits per heavy atom. The minimum Gasteiger partial charge on any atom is -0.340 e. The molecule has 0 bridgehead atoms. The van der Waals surface area contributed by atoms with Gasteiger partial charge >= 0.3 is 0 Å². The van der Waals surface area contributed by atoms with Gasteiger partial charge in [-0.1, -0.05) is 78.3 Å². The first-order valence-corrected chi connectivity index (χ1v) is 12.2. The Hall–Kier alpha value is -2.76. The van der Waals surface area contributed by atoms with E-state index in [0.29, 0.717) is 23.6 Å². The van der Waals surface area contributed by atoms with Gasteiger partial charge in [-0.3, -0.25) is 9.59 Å². The number of carbonyl (C=O) groups excluding carboxylic acids is 2. The summed E-state index contributed by atoms with van der Waals surface area (Å²) in [5, 5.41) is 3.25. The summed E-state index contributed by atoms with van der Waals surface area (Å²) in [6, 6.07) is 24.6. The Bertz CT molecular complexity index is 1040. The number of nitrogens with one attached hydrogen (secondary N) is 1. The molecule has 1 N–H and O–H groups in total. The molecule has 0 saturated heterocycles. The Balaban J connectivity index is 1.67. The molecule has 6 heteroatoms. The smallest absolute Gasteiger partial charge is 0.253 e. The third-order valence-corrected chi connectivity index (χ3v) is 6.16. The van der Waals surface area contributed by atoms with Gasteiger partial charge in [-0.05, 0) is 47.3 Å². The summed E-state index contributed by atoms with van der Waals surface area (Å²) in [5.74, 6) is 0.306. The van der Waals surface area contributed by atoms with Crippen LogP contribution in [0.1, 0.15) is 22.3 Å². The van der Waals surface area contributed by atoms with Crippen LogP contribution < -0.4 is 5.32 Å². The van der Waals surface area contributed by atoms with Crippen LogP contribution in [0.5, 0.6) is 0 Å². The number of thioether (sulfide) groups is 1. The molecule has 2 amide bonds. The topological polar surface area (TPSA) is 49.4 Å². The zero-order valence-corrected chi connectivity index (χ0v) is 19.8. The van der Waals surface area contributed by atoms with Crippen molar-refractivity contribution in [2.24, 2.45) is 0 Å². The minimum atomic E-state index is -0.611. The van der Waals surface area contributed by atoms with Crippen molar-refractivity contribution < 1.29 is 9.59 Å². The van der Waals surface area contributed by atoms with E-state index in [1.807, 2.05) is 36.6 Å². The van der Waals surface area contributed by atoms with Crippen LogP contribution in [0.25, 0.3) is 11.1 Å². The third kappa shape index (κ3) is 6.38. The van der Waals surface area contributed by atoms with E-state index in [-0.39, 0.29) is 11.8 Å². The van der Waals surface area contributed by atoms with Gasteiger partial charge in [-0.15, -0.1) is 0 Å². The van der Waals surface area contributed by atoms with E-state index in [9.17, 15) is 9.59 Å². The summed E-state index contributed by atoms with van der Waals surface area (Å²) < 4.78 is 0. The maximum atomic E-state index is 13.2. The zero-order valence-electron chi connectivity index (χ0n) is 18.3. The van der Waals surface area contributed by atoms with Gasteiger partial charge in [0.1, 0.15) is 6.04 Å². The lowest BCUT2D eigenvalue weighted by molar-refractivity contribution is -0.132. The zero-order chi connectivity index (χ0) is 22.9. The van der Waals surface area contributed by atoms with Crippen molar-refractivity contribution in [1.82, 2.24) is 10.2 Å². The third-order valence-electron chi connectivity index (χ3n) is 5.19. The normalized spacial score (nSPS) is 11.6. The molecule has 0 spiro atoms. The van der Waals surface area contributed by atoms with Gasteiger partial charge in [0.25, 0.3) is 5.91 Å². The average Bonchev–Trinajstić information content (AvgIpc) is 2.82. The van der Waals surface area contributed by atoms with Gasteiger partial charge in [0.2, 0.25) is 5.91 Å². The fourth-order valence-corrected chi connectivity index (χ4v) is 4.12. The van der Waals surface area contributed by atoms with E-state index in [1.54, 1.807) is 48.0 Å². The first kappa shape index (κ1) is 23.9. The number of halogens is 1. The van der Waals surface area contributed by atoms with Crippen LogP contribution in [0.2, 0.25) is 5.02 Å². The number of rotatable bonds is 9. The molecule has 0 heterocycles. The van der Waals surface area contributed by atoms with Crippen LogP contribution in [-0.4, -0.2) is 41.8 Å². The maximum absolute atomic E-state index is 13.2. The second kappa shape index (κ2) is 11.7. The molecular formula is C26H27ClN2O2S. The number of carbonyl (C=O) groups is 2. The average molecular weight is 467 g/mol. The molecule has 1 atom stereocenters. The summed E-state index contributed by atoms with van der Waals surface area (Å²) in [7, 11) is 1.77. The van der Waals surface area contributed by atoms with E-state index < -0.39 is 6.04 Å². The Kier molecular flexibility index (Phi) is 8.77. The summed E-state index contributed by atoms with van der Waals surface area (Å²) in [4.78, 5) is 27.5. The van der Waals surface area contributed by atoms with Gasteiger partial charge in [0.05, 0.1) is 10.6 Å². The fraction of sp³-hybridized carbons (Fsp3) is 0.231. The van der Waals surface area contributed by atoms with E-state index in [2.05, 4.69) is 29.6 Å². The van der Waals surface area contributed by atoms with Crippen LogP contribution in [0.4, 0.5) is 0 Å². The lowest BCUT2D eigenvalue weighted by Gasteiger charge is -2.25. The Morgan fingerprint density at radius 2 is 1.56 bits per heavy atom. The highest BCUT2D eigenvalue weighted by Crippen LogP contribution is 2.20. The molecular weight excluding hydrogens is 440 g/mol. The molecule has 3 rings (SSSR count). The van der Waals surface area contributed by atoms with Crippen LogP contribution in [0, 0.1) is 0 Å². The predicted octanol–water partition coefficient (Wildman–Crippen LogP) is 5.52. The fourth-order valence-electron chi connectivity index (χ4n) is 3.43. The van der Waals surface area contributed by atoms with Crippen molar-refractivity contribution in [1.29, 1.82) is 0 Å². The second-order valence-electron chi connectivity index (χ2n) is 7.54. The first-order chi connectivity index (χ1) is 15.5. The molecule has 4 nitrogen and oxygen atoms in total. The van der Waals surface area contributed by atoms with Gasteiger partial charge in [-0.25, -0.2) is 0 Å². The number of amides is 2. The summed E-state index contributed by atoms with van der Waals surface area (Å²) in [6.45, 7) is 0.464. The van der Waals surface area contributed by atoms with Crippen molar-refractivity contribution in [3.05, 3.63) is 95.0 Å². The lowest BCUT2D eigenvalue weighted by atomic mass is 10.0. The highest BCUT2D eigenvalue weighted by atomic mass is 35.5. The molecule has 0 radical (unpaired) electrons. The van der Waals surface area contributed by atoms with Crippen LogP contribution in [0.3, 0.4) is 0 Å². The van der Waals surface area contributed by atoms with Crippen molar-refractivity contribution in [2.45, 2.75) is 19.0 Å². The van der Waals surface area contributed by atoms with Crippen molar-refractivity contribution in [2.75, 3.05) is 19.1 Å². The molecule has 1 unspecified atom stereocenters. The molecule has 32 heavy (non-hydrogen) atoms. The molecule has 166 valence electrons. The number of likely N-dealkylation sites (N-methyl/N-ethyl adjacent to an activating group) is 1. The van der Waals surface area contributed by atoms with Crippen molar-refractivity contribution >= 4 is 35.2 Å². The molecule has 3 aromatic rings. The Morgan fingerprint density at radius 3 is 2.22 bits per heavy atom. The number of hydrogen-bond donors (Lipinski definition) is 1. The van der Waals surface area contributed by atoms with Crippen LogP contribution in [-0.2, 0) is 11.3 Å². The lowest BCUT2D eigenvalue weighted by Crippen LogP contribution is -2.47. The number of benzene rings is 3. The first-order valence-electron chi connectivity index (χ1n) is 10.4. The quantitative estimate of drug-likeness (QED) is 0.452. The summed E-state index contributed by atoms with van der Waals surface area (Å²) in [6.07, 6.45) is 2.53. The van der Waals surface area contributed by atoms with Gasteiger partial charge in [-0.2, -0.15) is 11.8 Å². The summed E-state index contributed by atoms with van der Waals surface area (Å²) in [5.41, 5.74) is 3.69. The predicted molar refractivity (Wildman–Crippen MR) is 134 cm³/mol. The van der Waals surface area contributed by atoms with Crippen LogP contribution in [0.15, 0.2) is 78.9 Å². The van der Waals surface area contributed by atoms with Gasteiger partial charge in [0.15, 0.2) is 0 Å². The molecule has 0 aliphatic carbocycles. The SMILES string of the molecule is CSCCC(NC(=O)c1ccccc1Cl)C(=O)N(C)Cc1ccc(-c2ccccc2)cc1. The summed E-state index contributed by atoms with van der Waals surface area (Å²) >= 11 is 7.79. The van der Waals surface area contributed by atoms with Gasteiger partial charge < -0.3 is 10.2 Å². The van der Waals surface area contributed by atoms with E-state index in [1.165, 1.54) is 0 Å². The van der Waals surface area contributed by atoms with Gasteiger partial charge in [0, 0.05) is 13.6 Å². The monoisotopic (exact) mass is 466 g/mol. The van der Waals surface area contributed by atoms with Crippen molar-refractivity contribution in [3.8, 4) is 11.1 Å².